The lowest BCUT2D eigenvalue weighted by molar-refractivity contribution is -0.121. The van der Waals surface area contributed by atoms with E-state index in [1.807, 2.05) is 18.2 Å². The van der Waals surface area contributed by atoms with E-state index in [0.717, 1.165) is 13.0 Å². The first-order valence-electron chi connectivity index (χ1n) is 6.71. The van der Waals surface area contributed by atoms with E-state index in [-0.39, 0.29) is 11.9 Å². The van der Waals surface area contributed by atoms with Crippen LogP contribution in [0.25, 0.3) is 0 Å². The molecular formula is C15H24N2O. The van der Waals surface area contributed by atoms with Crippen molar-refractivity contribution in [2.75, 3.05) is 6.54 Å². The Balaban J connectivity index is 2.41. The Morgan fingerprint density at radius 2 is 1.89 bits per heavy atom. The van der Waals surface area contributed by atoms with Gasteiger partial charge in [0.2, 0.25) is 5.91 Å². The van der Waals surface area contributed by atoms with Crippen LogP contribution in [-0.4, -0.2) is 18.5 Å². The molecule has 3 heteroatoms. The van der Waals surface area contributed by atoms with Crippen molar-refractivity contribution in [1.29, 1.82) is 0 Å². The minimum atomic E-state index is 0.110. The van der Waals surface area contributed by atoms with Gasteiger partial charge in [-0.15, -0.1) is 0 Å². The number of hydrogen-bond donors (Lipinski definition) is 2. The molecule has 0 aliphatic rings. The summed E-state index contributed by atoms with van der Waals surface area (Å²) in [5.41, 5.74) is 1.17. The van der Waals surface area contributed by atoms with Gasteiger partial charge in [-0.25, -0.2) is 0 Å². The molecule has 0 spiro atoms. The summed E-state index contributed by atoms with van der Waals surface area (Å²) in [6.07, 6.45) is 1.44. The molecule has 0 heterocycles. The van der Waals surface area contributed by atoms with Crippen molar-refractivity contribution in [2.24, 2.45) is 0 Å². The molecule has 0 bridgehead atoms. The highest BCUT2D eigenvalue weighted by Crippen LogP contribution is 2.15. The molecule has 1 aromatic rings. The van der Waals surface area contributed by atoms with Crippen molar-refractivity contribution in [3.63, 3.8) is 0 Å². The van der Waals surface area contributed by atoms with Gasteiger partial charge in [-0.05, 0) is 12.0 Å². The molecule has 1 unspecified atom stereocenters. The topological polar surface area (TPSA) is 41.1 Å². The van der Waals surface area contributed by atoms with Crippen molar-refractivity contribution in [3.05, 3.63) is 35.9 Å². The minimum absolute atomic E-state index is 0.110. The van der Waals surface area contributed by atoms with Crippen LogP contribution in [0.4, 0.5) is 0 Å². The van der Waals surface area contributed by atoms with Crippen molar-refractivity contribution >= 4 is 5.91 Å². The summed E-state index contributed by atoms with van der Waals surface area (Å²) in [7, 11) is 0. The summed E-state index contributed by atoms with van der Waals surface area (Å²) < 4.78 is 0. The Morgan fingerprint density at radius 3 is 2.44 bits per heavy atom. The number of rotatable bonds is 7. The zero-order valence-electron chi connectivity index (χ0n) is 11.6. The summed E-state index contributed by atoms with van der Waals surface area (Å²) >= 11 is 0. The lowest BCUT2D eigenvalue weighted by Crippen LogP contribution is -2.32. The van der Waals surface area contributed by atoms with Gasteiger partial charge in [-0.1, -0.05) is 51.1 Å². The minimum Gasteiger partial charge on any atom is -0.349 e. The summed E-state index contributed by atoms with van der Waals surface area (Å²) in [5.74, 6) is 0.110. The number of benzene rings is 1. The van der Waals surface area contributed by atoms with Crippen LogP contribution in [0.2, 0.25) is 0 Å². The van der Waals surface area contributed by atoms with E-state index >= 15 is 0 Å². The second-order valence-corrected chi connectivity index (χ2v) is 4.80. The highest BCUT2D eigenvalue weighted by atomic mass is 16.1. The Kier molecular flexibility index (Phi) is 6.44. The largest absolute Gasteiger partial charge is 0.349 e. The molecule has 0 saturated heterocycles. The van der Waals surface area contributed by atoms with Crippen molar-refractivity contribution in [1.82, 2.24) is 10.6 Å². The van der Waals surface area contributed by atoms with Crippen molar-refractivity contribution in [3.8, 4) is 0 Å². The average Bonchev–Trinajstić information content (AvgIpc) is 2.36. The van der Waals surface area contributed by atoms with Crippen molar-refractivity contribution in [2.45, 2.75) is 45.7 Å². The van der Waals surface area contributed by atoms with Crippen LogP contribution in [-0.2, 0) is 4.79 Å². The first-order valence-corrected chi connectivity index (χ1v) is 6.71. The van der Waals surface area contributed by atoms with E-state index < -0.39 is 0 Å². The first-order chi connectivity index (χ1) is 8.63. The second kappa shape index (κ2) is 7.88. The van der Waals surface area contributed by atoms with E-state index in [1.54, 1.807) is 0 Å². The average molecular weight is 248 g/mol. The normalized spacial score (nSPS) is 12.4. The smallest absolute Gasteiger partial charge is 0.221 e. The fourth-order valence-corrected chi connectivity index (χ4v) is 1.85. The van der Waals surface area contributed by atoms with E-state index in [0.29, 0.717) is 12.5 Å². The molecular weight excluding hydrogens is 224 g/mol. The fraction of sp³-hybridized carbons (Fsp3) is 0.533. The Hall–Kier alpha value is -1.35. The number of carbonyl (C=O) groups is 1. The van der Waals surface area contributed by atoms with Crippen LogP contribution in [0.3, 0.4) is 0 Å². The molecule has 2 N–H and O–H groups in total. The Bertz CT molecular complexity index is 349. The van der Waals surface area contributed by atoms with Gasteiger partial charge in [0.25, 0.3) is 0 Å². The number of amides is 1. The molecule has 3 nitrogen and oxygen atoms in total. The van der Waals surface area contributed by atoms with Crippen LogP contribution in [0, 0.1) is 0 Å². The standard InChI is InChI=1S/C15H24N2O/c1-4-14(13-8-6-5-7-9-13)17-15(18)10-11-16-12(2)3/h5-9,12,14,16H,4,10-11H2,1-3H3,(H,17,18). The van der Waals surface area contributed by atoms with E-state index in [4.69, 9.17) is 0 Å². The maximum absolute atomic E-state index is 11.8. The summed E-state index contributed by atoms with van der Waals surface area (Å²) in [5, 5.41) is 6.32. The number of nitrogens with one attached hydrogen (secondary N) is 2. The first kappa shape index (κ1) is 14.7. The van der Waals surface area contributed by atoms with E-state index in [9.17, 15) is 4.79 Å². The highest BCUT2D eigenvalue weighted by Gasteiger charge is 2.11. The Labute approximate surface area is 110 Å². The summed E-state index contributed by atoms with van der Waals surface area (Å²) in [4.78, 5) is 11.8. The monoisotopic (exact) mass is 248 g/mol. The van der Waals surface area contributed by atoms with Crippen LogP contribution in [0.15, 0.2) is 30.3 Å². The molecule has 100 valence electrons. The van der Waals surface area contributed by atoms with Gasteiger partial charge in [-0.2, -0.15) is 0 Å². The zero-order valence-corrected chi connectivity index (χ0v) is 11.6. The SMILES string of the molecule is CCC(NC(=O)CCNC(C)C)c1ccccc1. The third-order valence-electron chi connectivity index (χ3n) is 2.85. The van der Waals surface area contributed by atoms with Gasteiger partial charge >= 0.3 is 0 Å². The predicted molar refractivity (Wildman–Crippen MR) is 75.4 cm³/mol. The molecule has 1 aromatic carbocycles. The zero-order chi connectivity index (χ0) is 13.4. The fourth-order valence-electron chi connectivity index (χ4n) is 1.85. The lowest BCUT2D eigenvalue weighted by Gasteiger charge is -2.17. The van der Waals surface area contributed by atoms with Gasteiger partial charge < -0.3 is 10.6 Å². The van der Waals surface area contributed by atoms with Crippen LogP contribution in [0.1, 0.15) is 45.2 Å². The molecule has 0 fully saturated rings. The van der Waals surface area contributed by atoms with Gasteiger partial charge in [0, 0.05) is 19.0 Å². The van der Waals surface area contributed by atoms with E-state index in [1.165, 1.54) is 5.56 Å². The van der Waals surface area contributed by atoms with Crippen LogP contribution < -0.4 is 10.6 Å². The van der Waals surface area contributed by atoms with Gasteiger partial charge in [-0.3, -0.25) is 4.79 Å². The molecule has 0 aliphatic carbocycles. The maximum Gasteiger partial charge on any atom is 0.221 e. The molecule has 1 amide bonds. The molecule has 18 heavy (non-hydrogen) atoms. The quantitative estimate of drug-likeness (QED) is 0.779. The lowest BCUT2D eigenvalue weighted by atomic mass is 10.0. The second-order valence-electron chi connectivity index (χ2n) is 4.80. The number of hydrogen-bond acceptors (Lipinski definition) is 2. The molecule has 0 radical (unpaired) electrons. The summed E-state index contributed by atoms with van der Waals surface area (Å²) in [6, 6.07) is 10.7. The van der Waals surface area contributed by atoms with Gasteiger partial charge in [0.05, 0.1) is 6.04 Å². The molecule has 0 saturated carbocycles. The maximum atomic E-state index is 11.8. The molecule has 0 aromatic heterocycles. The highest BCUT2D eigenvalue weighted by molar-refractivity contribution is 5.76. The van der Waals surface area contributed by atoms with E-state index in [2.05, 4.69) is 43.5 Å². The van der Waals surface area contributed by atoms with Crippen LogP contribution >= 0.6 is 0 Å². The van der Waals surface area contributed by atoms with Crippen molar-refractivity contribution < 1.29 is 4.79 Å². The van der Waals surface area contributed by atoms with Crippen LogP contribution in [0.5, 0.6) is 0 Å². The predicted octanol–water partition coefficient (Wildman–Crippen LogP) is 2.64. The molecule has 1 rings (SSSR count). The summed E-state index contributed by atoms with van der Waals surface area (Å²) in [6.45, 7) is 6.98. The van der Waals surface area contributed by atoms with Gasteiger partial charge in [0.1, 0.15) is 0 Å². The molecule has 0 aliphatic heterocycles. The number of carbonyl (C=O) groups excluding carboxylic acids is 1. The van der Waals surface area contributed by atoms with Gasteiger partial charge in [0.15, 0.2) is 0 Å². The Morgan fingerprint density at radius 1 is 1.22 bits per heavy atom. The third kappa shape index (κ3) is 5.32. The third-order valence-corrected chi connectivity index (χ3v) is 2.85. The molecule has 1 atom stereocenters.